The first-order valence-corrected chi connectivity index (χ1v) is 6.32. The summed E-state index contributed by atoms with van der Waals surface area (Å²) < 4.78 is 10.1. The second kappa shape index (κ2) is 5.49. The van der Waals surface area contributed by atoms with Crippen LogP contribution in [0.1, 0.15) is 32.6 Å². The Morgan fingerprint density at radius 2 is 2.24 bits per heavy atom. The summed E-state index contributed by atoms with van der Waals surface area (Å²) in [5, 5.41) is 0. The van der Waals surface area contributed by atoms with Crippen LogP contribution >= 0.6 is 0 Å². The first kappa shape index (κ1) is 12.4. The second-order valence-electron chi connectivity index (χ2n) is 4.53. The number of amides is 1. The lowest BCUT2D eigenvalue weighted by Gasteiger charge is -2.22. The van der Waals surface area contributed by atoms with Crippen molar-refractivity contribution in [2.75, 3.05) is 19.8 Å². The van der Waals surface area contributed by atoms with Crippen LogP contribution in [0.4, 0.5) is 0 Å². The van der Waals surface area contributed by atoms with Crippen LogP contribution in [0.2, 0.25) is 0 Å². The maximum absolute atomic E-state index is 11.8. The summed E-state index contributed by atoms with van der Waals surface area (Å²) in [4.78, 5) is 25.3. The summed E-state index contributed by atoms with van der Waals surface area (Å²) >= 11 is 0. The third-order valence-corrected chi connectivity index (χ3v) is 3.16. The first-order chi connectivity index (χ1) is 8.24. The molecule has 2 heterocycles. The van der Waals surface area contributed by atoms with Crippen LogP contribution in [0.3, 0.4) is 0 Å². The van der Waals surface area contributed by atoms with E-state index >= 15 is 0 Å². The van der Waals surface area contributed by atoms with E-state index in [1.165, 1.54) is 0 Å². The fourth-order valence-corrected chi connectivity index (χ4v) is 2.06. The Hall–Kier alpha value is -1.10. The van der Waals surface area contributed by atoms with Gasteiger partial charge < -0.3 is 14.4 Å². The van der Waals surface area contributed by atoms with Gasteiger partial charge in [0.1, 0.15) is 6.04 Å². The molecule has 2 rings (SSSR count). The number of carbonyl (C=O) groups is 2. The number of hydrogen-bond donors (Lipinski definition) is 0. The molecule has 0 spiro atoms. The van der Waals surface area contributed by atoms with Crippen LogP contribution < -0.4 is 0 Å². The van der Waals surface area contributed by atoms with Crippen molar-refractivity contribution in [3.05, 3.63) is 0 Å². The monoisotopic (exact) mass is 241 g/mol. The summed E-state index contributed by atoms with van der Waals surface area (Å²) in [5.74, 6) is -0.315. The summed E-state index contributed by atoms with van der Waals surface area (Å²) in [6.07, 6.45) is 3.14. The molecule has 0 saturated carbocycles. The molecule has 0 unspecified atom stereocenters. The molecule has 5 nitrogen and oxygen atoms in total. The van der Waals surface area contributed by atoms with Gasteiger partial charge in [0.15, 0.2) is 6.10 Å². The van der Waals surface area contributed by atoms with Gasteiger partial charge in [0.25, 0.3) is 5.91 Å². The van der Waals surface area contributed by atoms with E-state index in [0.29, 0.717) is 26.2 Å². The van der Waals surface area contributed by atoms with E-state index in [0.717, 1.165) is 19.3 Å². The van der Waals surface area contributed by atoms with Gasteiger partial charge in [-0.2, -0.15) is 0 Å². The zero-order chi connectivity index (χ0) is 12.3. The number of rotatable bonds is 5. The Morgan fingerprint density at radius 1 is 1.47 bits per heavy atom. The molecule has 0 aromatic carbocycles. The number of likely N-dealkylation sites (tertiary alicyclic amines) is 1. The van der Waals surface area contributed by atoms with Crippen molar-refractivity contribution in [3.8, 4) is 0 Å². The minimum atomic E-state index is -0.386. The zero-order valence-electron chi connectivity index (χ0n) is 10.2. The predicted molar refractivity (Wildman–Crippen MR) is 60.3 cm³/mol. The Balaban J connectivity index is 1.85. The highest BCUT2D eigenvalue weighted by Gasteiger charge is 2.42. The second-order valence-corrected chi connectivity index (χ2v) is 4.53. The van der Waals surface area contributed by atoms with Gasteiger partial charge in [-0.05, 0) is 19.3 Å². The lowest BCUT2D eigenvalue weighted by atomic mass is 10.2. The molecular formula is C12H19NO4. The van der Waals surface area contributed by atoms with Crippen LogP contribution in [-0.2, 0) is 19.1 Å². The summed E-state index contributed by atoms with van der Waals surface area (Å²) in [5.41, 5.74) is 0. The highest BCUT2D eigenvalue weighted by atomic mass is 16.6. The normalized spacial score (nSPS) is 27.0. The maximum Gasteiger partial charge on any atom is 0.328 e. The standard InChI is InChI=1S/C12H19NO4/c1-2-3-7-16-12(15)9-5-4-6-13(9)11(14)10-8-17-10/h9-10H,2-8H2,1H3/t9-,10+/m0/s1. The third-order valence-electron chi connectivity index (χ3n) is 3.16. The van der Waals surface area contributed by atoms with Crippen LogP contribution in [0.25, 0.3) is 0 Å². The van der Waals surface area contributed by atoms with E-state index < -0.39 is 0 Å². The molecule has 0 radical (unpaired) electrons. The van der Waals surface area contributed by atoms with E-state index in [1.54, 1.807) is 4.90 Å². The molecule has 2 saturated heterocycles. The van der Waals surface area contributed by atoms with Gasteiger partial charge in [-0.15, -0.1) is 0 Å². The number of carbonyl (C=O) groups excluding carboxylic acids is 2. The molecule has 0 aliphatic carbocycles. The smallest absolute Gasteiger partial charge is 0.328 e. The SMILES string of the molecule is CCCCOC(=O)[C@@H]1CCCN1C(=O)[C@H]1CO1. The molecule has 2 fully saturated rings. The highest BCUT2D eigenvalue weighted by Crippen LogP contribution is 2.23. The molecule has 0 N–H and O–H groups in total. The molecule has 1 amide bonds. The van der Waals surface area contributed by atoms with Gasteiger partial charge in [-0.25, -0.2) is 4.79 Å². The van der Waals surface area contributed by atoms with E-state index in [-0.39, 0.29) is 24.0 Å². The number of ether oxygens (including phenoxy) is 2. The number of nitrogens with zero attached hydrogens (tertiary/aromatic N) is 1. The van der Waals surface area contributed by atoms with E-state index in [2.05, 4.69) is 0 Å². The van der Waals surface area contributed by atoms with Crippen molar-refractivity contribution in [3.63, 3.8) is 0 Å². The van der Waals surface area contributed by atoms with Crippen molar-refractivity contribution >= 4 is 11.9 Å². The van der Waals surface area contributed by atoms with Crippen molar-refractivity contribution in [2.24, 2.45) is 0 Å². The van der Waals surface area contributed by atoms with Gasteiger partial charge in [-0.3, -0.25) is 4.79 Å². The van der Waals surface area contributed by atoms with Crippen LogP contribution in [-0.4, -0.2) is 48.7 Å². The number of epoxide rings is 1. The molecular weight excluding hydrogens is 222 g/mol. The van der Waals surface area contributed by atoms with Crippen molar-refractivity contribution in [1.29, 1.82) is 0 Å². The van der Waals surface area contributed by atoms with Gasteiger partial charge in [0.05, 0.1) is 13.2 Å². The predicted octanol–water partition coefficient (Wildman–Crippen LogP) is 0.720. The number of esters is 1. The summed E-state index contributed by atoms with van der Waals surface area (Å²) in [7, 11) is 0. The average molecular weight is 241 g/mol. The van der Waals surface area contributed by atoms with Crippen LogP contribution in [0.15, 0.2) is 0 Å². The Bertz CT molecular complexity index is 301. The van der Waals surface area contributed by atoms with Crippen LogP contribution in [0.5, 0.6) is 0 Å². The number of hydrogen-bond acceptors (Lipinski definition) is 4. The van der Waals surface area contributed by atoms with Crippen LogP contribution in [0, 0.1) is 0 Å². The molecule has 2 atom stereocenters. The van der Waals surface area contributed by atoms with Crippen molar-refractivity contribution in [2.45, 2.75) is 44.8 Å². The molecule has 0 aromatic rings. The van der Waals surface area contributed by atoms with E-state index in [1.807, 2.05) is 6.92 Å². The maximum atomic E-state index is 11.8. The molecule has 2 aliphatic heterocycles. The van der Waals surface area contributed by atoms with Crippen molar-refractivity contribution in [1.82, 2.24) is 4.90 Å². The summed E-state index contributed by atoms with van der Waals surface area (Å²) in [6, 6.07) is -0.386. The minimum absolute atomic E-state index is 0.0556. The molecule has 17 heavy (non-hydrogen) atoms. The van der Waals surface area contributed by atoms with Crippen molar-refractivity contribution < 1.29 is 19.1 Å². The average Bonchev–Trinajstić information content (AvgIpc) is 3.05. The lowest BCUT2D eigenvalue weighted by molar-refractivity contribution is -0.153. The molecule has 0 aromatic heterocycles. The van der Waals surface area contributed by atoms with Gasteiger partial charge in [0, 0.05) is 6.54 Å². The Labute approximate surface area is 101 Å². The van der Waals surface area contributed by atoms with Gasteiger partial charge in [-0.1, -0.05) is 13.3 Å². The largest absolute Gasteiger partial charge is 0.464 e. The Kier molecular flexibility index (Phi) is 3.99. The first-order valence-electron chi connectivity index (χ1n) is 6.32. The van der Waals surface area contributed by atoms with Gasteiger partial charge >= 0.3 is 5.97 Å². The third kappa shape index (κ3) is 2.97. The summed E-state index contributed by atoms with van der Waals surface area (Å²) in [6.45, 7) is 3.64. The van der Waals surface area contributed by atoms with Gasteiger partial charge in [0.2, 0.25) is 0 Å². The van der Waals surface area contributed by atoms with E-state index in [4.69, 9.17) is 9.47 Å². The molecule has 96 valence electrons. The quantitative estimate of drug-likeness (QED) is 0.404. The number of unbranched alkanes of at least 4 members (excludes halogenated alkanes) is 1. The minimum Gasteiger partial charge on any atom is -0.464 e. The molecule has 2 aliphatic rings. The zero-order valence-corrected chi connectivity index (χ0v) is 10.2. The topological polar surface area (TPSA) is 59.1 Å². The fourth-order valence-electron chi connectivity index (χ4n) is 2.06. The van der Waals surface area contributed by atoms with E-state index in [9.17, 15) is 9.59 Å². The fraction of sp³-hybridized carbons (Fsp3) is 0.833. The molecule has 0 bridgehead atoms. The lowest BCUT2D eigenvalue weighted by Crippen LogP contribution is -2.43. The highest BCUT2D eigenvalue weighted by molar-refractivity contribution is 5.88. The Morgan fingerprint density at radius 3 is 2.88 bits per heavy atom. The molecule has 5 heteroatoms.